The van der Waals surface area contributed by atoms with Gasteiger partial charge in [0.05, 0.1) is 12.7 Å². The summed E-state index contributed by atoms with van der Waals surface area (Å²) in [7, 11) is 1.77. The predicted octanol–water partition coefficient (Wildman–Crippen LogP) is 2.70. The van der Waals surface area contributed by atoms with Gasteiger partial charge in [-0.25, -0.2) is 0 Å². The summed E-state index contributed by atoms with van der Waals surface area (Å²) < 4.78 is 1.86. The van der Waals surface area contributed by atoms with E-state index in [2.05, 4.69) is 22.2 Å². The molecule has 7 heteroatoms. The highest BCUT2D eigenvalue weighted by Crippen LogP contribution is 2.16. The maximum Gasteiger partial charge on any atom is 0.266 e. The van der Waals surface area contributed by atoms with E-state index in [4.69, 9.17) is 0 Å². The summed E-state index contributed by atoms with van der Waals surface area (Å²) in [6.07, 6.45) is 4.50. The Hall–Kier alpha value is -3.66. The molecule has 0 saturated heterocycles. The summed E-state index contributed by atoms with van der Waals surface area (Å²) >= 11 is 0. The van der Waals surface area contributed by atoms with Crippen molar-refractivity contribution in [1.82, 2.24) is 19.7 Å². The minimum Gasteiger partial charge on any atom is -0.341 e. The molecule has 0 saturated carbocycles. The van der Waals surface area contributed by atoms with Gasteiger partial charge < -0.3 is 9.88 Å². The summed E-state index contributed by atoms with van der Waals surface area (Å²) in [5, 5.41) is 13.6. The number of aryl methyl sites for hydroxylation is 1. The summed E-state index contributed by atoms with van der Waals surface area (Å²) in [6, 6.07) is 12.0. The fourth-order valence-electron chi connectivity index (χ4n) is 3.55. The molecule has 2 heterocycles. The standard InChI is InChI=1S/C23H25N5O2/c1-16-20(17(2)26-23(30)21(16)11-24)9-10-22(29)27(3)13-19-12-25-28(15-19)14-18-7-5-4-6-8-18/h4-8,12,15H,9-10,13-14H2,1-3H3,(H,26,30). The van der Waals surface area contributed by atoms with Crippen molar-refractivity contribution in [3.8, 4) is 6.07 Å². The molecule has 1 amide bonds. The van der Waals surface area contributed by atoms with Gasteiger partial charge in [-0.15, -0.1) is 0 Å². The first-order valence-electron chi connectivity index (χ1n) is 9.80. The van der Waals surface area contributed by atoms with Gasteiger partial charge in [0.25, 0.3) is 5.56 Å². The van der Waals surface area contributed by atoms with Gasteiger partial charge in [0.1, 0.15) is 11.6 Å². The van der Waals surface area contributed by atoms with Crippen LogP contribution >= 0.6 is 0 Å². The molecule has 1 aromatic carbocycles. The zero-order chi connectivity index (χ0) is 21.7. The van der Waals surface area contributed by atoms with Crippen LogP contribution < -0.4 is 5.56 Å². The molecule has 3 rings (SSSR count). The molecule has 3 aromatic rings. The lowest BCUT2D eigenvalue weighted by Gasteiger charge is -2.17. The van der Waals surface area contributed by atoms with Crippen LogP contribution in [0.2, 0.25) is 0 Å². The second-order valence-electron chi connectivity index (χ2n) is 7.45. The van der Waals surface area contributed by atoms with Gasteiger partial charge in [-0.05, 0) is 37.0 Å². The maximum atomic E-state index is 12.6. The molecule has 0 radical (unpaired) electrons. The van der Waals surface area contributed by atoms with Crippen LogP contribution in [-0.4, -0.2) is 32.6 Å². The highest BCUT2D eigenvalue weighted by Gasteiger charge is 2.15. The number of nitrogens with one attached hydrogen (secondary N) is 1. The van der Waals surface area contributed by atoms with Crippen molar-refractivity contribution in [2.45, 2.75) is 39.8 Å². The summed E-state index contributed by atoms with van der Waals surface area (Å²) in [6.45, 7) is 4.71. The Bertz CT molecular complexity index is 1140. The van der Waals surface area contributed by atoms with E-state index in [9.17, 15) is 14.9 Å². The van der Waals surface area contributed by atoms with Crippen LogP contribution in [0.1, 0.15) is 39.9 Å². The summed E-state index contributed by atoms with van der Waals surface area (Å²) in [5.41, 5.74) is 4.06. The molecule has 154 valence electrons. The highest BCUT2D eigenvalue weighted by atomic mass is 16.2. The van der Waals surface area contributed by atoms with Crippen molar-refractivity contribution >= 4 is 5.91 Å². The van der Waals surface area contributed by atoms with E-state index in [-0.39, 0.29) is 17.0 Å². The average Bonchev–Trinajstić information content (AvgIpc) is 3.15. The van der Waals surface area contributed by atoms with Gasteiger partial charge in [-0.2, -0.15) is 10.4 Å². The molecule has 0 aliphatic carbocycles. The van der Waals surface area contributed by atoms with Crippen molar-refractivity contribution < 1.29 is 4.79 Å². The van der Waals surface area contributed by atoms with Crippen molar-refractivity contribution in [3.05, 3.63) is 86.6 Å². The van der Waals surface area contributed by atoms with Crippen molar-refractivity contribution in [1.29, 1.82) is 5.26 Å². The van der Waals surface area contributed by atoms with Crippen LogP contribution in [0.5, 0.6) is 0 Å². The van der Waals surface area contributed by atoms with Crippen molar-refractivity contribution in [2.24, 2.45) is 0 Å². The lowest BCUT2D eigenvalue weighted by atomic mass is 9.99. The minimum absolute atomic E-state index is 0.00526. The molecule has 1 N–H and O–H groups in total. The predicted molar refractivity (Wildman–Crippen MR) is 114 cm³/mol. The van der Waals surface area contributed by atoms with E-state index in [0.717, 1.165) is 11.1 Å². The summed E-state index contributed by atoms with van der Waals surface area (Å²) in [4.78, 5) is 28.8. The van der Waals surface area contributed by atoms with E-state index in [0.29, 0.717) is 37.2 Å². The number of aromatic amines is 1. The second-order valence-corrected chi connectivity index (χ2v) is 7.45. The number of carbonyl (C=O) groups is 1. The van der Waals surface area contributed by atoms with Gasteiger partial charge in [-0.3, -0.25) is 14.3 Å². The first kappa shape index (κ1) is 21.1. The Morgan fingerprint density at radius 2 is 1.97 bits per heavy atom. The quantitative estimate of drug-likeness (QED) is 0.656. The molecular formula is C23H25N5O2. The molecule has 0 spiro atoms. The molecule has 0 fully saturated rings. The summed E-state index contributed by atoms with van der Waals surface area (Å²) in [5.74, 6) is -0.00526. The van der Waals surface area contributed by atoms with Gasteiger partial charge in [-0.1, -0.05) is 30.3 Å². The SMILES string of the molecule is Cc1[nH]c(=O)c(C#N)c(C)c1CCC(=O)N(C)Cc1cnn(Cc2ccccc2)c1. The fourth-order valence-corrected chi connectivity index (χ4v) is 3.55. The lowest BCUT2D eigenvalue weighted by Crippen LogP contribution is -2.26. The van der Waals surface area contributed by atoms with Gasteiger partial charge in [0.15, 0.2) is 0 Å². The number of nitrogens with zero attached hydrogens (tertiary/aromatic N) is 4. The number of rotatable bonds is 7. The highest BCUT2D eigenvalue weighted by molar-refractivity contribution is 5.76. The number of H-pyrrole nitrogens is 1. The third-order valence-electron chi connectivity index (χ3n) is 5.23. The van der Waals surface area contributed by atoms with Crippen LogP contribution in [0.3, 0.4) is 0 Å². The van der Waals surface area contributed by atoms with Crippen molar-refractivity contribution in [3.63, 3.8) is 0 Å². The van der Waals surface area contributed by atoms with E-state index < -0.39 is 0 Å². The molecule has 0 atom stereocenters. The zero-order valence-electron chi connectivity index (χ0n) is 17.5. The van der Waals surface area contributed by atoms with Crippen LogP contribution in [0.15, 0.2) is 47.5 Å². The number of pyridine rings is 1. The Morgan fingerprint density at radius 1 is 1.23 bits per heavy atom. The Kier molecular flexibility index (Phi) is 6.48. The number of carbonyl (C=O) groups excluding carboxylic acids is 1. The van der Waals surface area contributed by atoms with E-state index in [1.165, 1.54) is 5.56 Å². The topological polar surface area (TPSA) is 94.8 Å². The number of aromatic nitrogens is 3. The number of amides is 1. The number of hydrogen-bond donors (Lipinski definition) is 1. The molecule has 7 nitrogen and oxygen atoms in total. The van der Waals surface area contributed by atoms with Crippen LogP contribution in [0, 0.1) is 25.2 Å². The third kappa shape index (κ3) is 4.84. The molecular weight excluding hydrogens is 378 g/mol. The van der Waals surface area contributed by atoms with E-state index in [1.807, 2.05) is 35.1 Å². The van der Waals surface area contributed by atoms with E-state index >= 15 is 0 Å². The molecule has 0 bridgehead atoms. The number of benzene rings is 1. The molecule has 0 aliphatic rings. The Labute approximate surface area is 175 Å². The molecule has 30 heavy (non-hydrogen) atoms. The Balaban J connectivity index is 1.60. The smallest absolute Gasteiger partial charge is 0.266 e. The van der Waals surface area contributed by atoms with Crippen LogP contribution in [0.4, 0.5) is 0 Å². The first-order valence-corrected chi connectivity index (χ1v) is 9.80. The molecule has 2 aromatic heterocycles. The normalized spacial score (nSPS) is 10.6. The van der Waals surface area contributed by atoms with Gasteiger partial charge in [0, 0.05) is 37.5 Å². The Morgan fingerprint density at radius 3 is 2.67 bits per heavy atom. The van der Waals surface area contributed by atoms with Crippen LogP contribution in [-0.2, 0) is 24.3 Å². The van der Waals surface area contributed by atoms with Crippen LogP contribution in [0.25, 0.3) is 0 Å². The molecule has 0 unspecified atom stereocenters. The van der Waals surface area contributed by atoms with Gasteiger partial charge >= 0.3 is 0 Å². The minimum atomic E-state index is -0.382. The number of nitriles is 1. The lowest BCUT2D eigenvalue weighted by molar-refractivity contribution is -0.130. The monoisotopic (exact) mass is 403 g/mol. The zero-order valence-corrected chi connectivity index (χ0v) is 17.5. The number of hydrogen-bond acceptors (Lipinski definition) is 4. The second kappa shape index (κ2) is 9.23. The van der Waals surface area contributed by atoms with Crippen molar-refractivity contribution in [2.75, 3.05) is 7.05 Å². The maximum absolute atomic E-state index is 12.6. The fraction of sp³-hybridized carbons (Fsp3) is 0.304. The average molecular weight is 403 g/mol. The molecule has 0 aliphatic heterocycles. The largest absolute Gasteiger partial charge is 0.341 e. The van der Waals surface area contributed by atoms with Gasteiger partial charge in [0.2, 0.25) is 5.91 Å². The third-order valence-corrected chi connectivity index (χ3v) is 5.23. The first-order chi connectivity index (χ1) is 14.4. The van der Waals surface area contributed by atoms with E-state index in [1.54, 1.807) is 32.0 Å².